The highest BCUT2D eigenvalue weighted by molar-refractivity contribution is 7.55. The predicted molar refractivity (Wildman–Crippen MR) is 116 cm³/mol. The summed E-state index contributed by atoms with van der Waals surface area (Å²) in [6.45, 7) is 7.02. The zero-order chi connectivity index (χ0) is 18.1. The van der Waals surface area contributed by atoms with Crippen LogP contribution in [0.4, 0.5) is 0 Å². The lowest BCUT2D eigenvalue weighted by Gasteiger charge is -2.21. The van der Waals surface area contributed by atoms with Gasteiger partial charge in [-0.15, -0.1) is 7.92 Å². The molecular formula is C25H25P. The van der Waals surface area contributed by atoms with Gasteiger partial charge >= 0.3 is 0 Å². The summed E-state index contributed by atoms with van der Waals surface area (Å²) in [5, 5.41) is 0. The van der Waals surface area contributed by atoms with Crippen LogP contribution in [0.5, 0.6) is 0 Å². The molecule has 3 aromatic rings. The van der Waals surface area contributed by atoms with Crippen molar-refractivity contribution < 1.29 is 0 Å². The standard InChI is InChI=1S/C25H25P/c1-18-16-24-21(19-10-5-4-6-11-19)14-9-15-23(24)25(18)22-13-8-7-12-20(22)17-26(2)3/h4-16,25H,17H2,1-3H3. The van der Waals surface area contributed by atoms with Crippen LogP contribution in [0.2, 0.25) is 0 Å². The quantitative estimate of drug-likeness (QED) is 0.436. The normalized spacial score (nSPS) is 15.8. The lowest BCUT2D eigenvalue weighted by Crippen LogP contribution is -2.04. The topological polar surface area (TPSA) is 0 Å². The maximum Gasteiger partial charge on any atom is 0.0308 e. The van der Waals surface area contributed by atoms with Crippen LogP contribution in [0, 0.1) is 0 Å². The minimum Gasteiger partial charge on any atom is -0.109 e. The molecule has 130 valence electrons. The average Bonchev–Trinajstić information content (AvgIpc) is 2.98. The van der Waals surface area contributed by atoms with E-state index in [0.29, 0.717) is 5.92 Å². The summed E-state index contributed by atoms with van der Waals surface area (Å²) in [5.74, 6) is 0.389. The second-order valence-corrected chi connectivity index (χ2v) is 9.91. The maximum atomic E-state index is 2.40. The Hall–Kier alpha value is -2.17. The van der Waals surface area contributed by atoms with Gasteiger partial charge in [0.25, 0.3) is 0 Å². The molecule has 0 heterocycles. The second-order valence-electron chi connectivity index (χ2n) is 7.43. The Morgan fingerprint density at radius 2 is 1.46 bits per heavy atom. The molecule has 0 fully saturated rings. The van der Waals surface area contributed by atoms with Gasteiger partial charge in [0.05, 0.1) is 0 Å². The Balaban J connectivity index is 1.84. The molecule has 0 N–H and O–H groups in total. The van der Waals surface area contributed by atoms with E-state index in [0.717, 1.165) is 0 Å². The smallest absolute Gasteiger partial charge is 0.0308 e. The van der Waals surface area contributed by atoms with Crippen LogP contribution >= 0.6 is 7.92 Å². The molecule has 4 rings (SSSR count). The number of rotatable bonds is 4. The number of benzene rings is 3. The van der Waals surface area contributed by atoms with E-state index in [9.17, 15) is 0 Å². The fourth-order valence-electron chi connectivity index (χ4n) is 4.13. The second kappa shape index (κ2) is 7.22. The van der Waals surface area contributed by atoms with Crippen molar-refractivity contribution in [2.75, 3.05) is 13.3 Å². The van der Waals surface area contributed by atoms with Gasteiger partial charge < -0.3 is 0 Å². The van der Waals surface area contributed by atoms with E-state index in [4.69, 9.17) is 0 Å². The van der Waals surface area contributed by atoms with Gasteiger partial charge in [0.1, 0.15) is 0 Å². The van der Waals surface area contributed by atoms with Gasteiger partial charge in [0.2, 0.25) is 0 Å². The number of hydrogen-bond acceptors (Lipinski definition) is 0. The zero-order valence-electron chi connectivity index (χ0n) is 15.7. The summed E-state index contributed by atoms with van der Waals surface area (Å²) in [6, 6.07) is 26.6. The highest BCUT2D eigenvalue weighted by Gasteiger charge is 2.27. The van der Waals surface area contributed by atoms with E-state index < -0.39 is 0 Å². The molecule has 0 saturated heterocycles. The first kappa shape index (κ1) is 17.3. The minimum atomic E-state index is 0.0493. The molecule has 1 atom stereocenters. The Bertz CT molecular complexity index is 951. The SMILES string of the molecule is CC1=Cc2c(-c3ccccc3)cccc2C1c1ccccc1CP(C)C. The minimum absolute atomic E-state index is 0.0493. The van der Waals surface area contributed by atoms with Crippen LogP contribution in [0.3, 0.4) is 0 Å². The molecule has 1 heteroatoms. The third-order valence-corrected chi connectivity index (χ3v) is 6.19. The van der Waals surface area contributed by atoms with Gasteiger partial charge in [-0.05, 0) is 59.8 Å². The molecular weight excluding hydrogens is 331 g/mol. The summed E-state index contributed by atoms with van der Waals surface area (Å²) in [6.07, 6.45) is 3.60. The Labute approximate surface area is 158 Å². The van der Waals surface area contributed by atoms with Gasteiger partial charge in [-0.1, -0.05) is 84.4 Å². The molecule has 0 radical (unpaired) electrons. The first-order valence-corrected chi connectivity index (χ1v) is 11.7. The van der Waals surface area contributed by atoms with Crippen molar-refractivity contribution in [2.45, 2.75) is 19.0 Å². The van der Waals surface area contributed by atoms with E-state index in [1.807, 2.05) is 0 Å². The molecule has 0 aromatic heterocycles. The van der Waals surface area contributed by atoms with Gasteiger partial charge in [0.15, 0.2) is 0 Å². The Morgan fingerprint density at radius 3 is 2.23 bits per heavy atom. The van der Waals surface area contributed by atoms with Crippen LogP contribution in [0.15, 0.2) is 78.4 Å². The number of hydrogen-bond donors (Lipinski definition) is 0. The summed E-state index contributed by atoms with van der Waals surface area (Å²) in [4.78, 5) is 0. The molecule has 0 saturated carbocycles. The lowest BCUT2D eigenvalue weighted by atomic mass is 9.85. The summed E-state index contributed by atoms with van der Waals surface area (Å²) >= 11 is 0. The largest absolute Gasteiger partial charge is 0.109 e. The van der Waals surface area contributed by atoms with Crippen molar-refractivity contribution >= 4 is 14.0 Å². The Morgan fingerprint density at radius 1 is 0.769 bits per heavy atom. The predicted octanol–water partition coefficient (Wildman–Crippen LogP) is 7.14. The van der Waals surface area contributed by atoms with Crippen molar-refractivity contribution in [1.82, 2.24) is 0 Å². The van der Waals surface area contributed by atoms with Crippen LogP contribution in [-0.4, -0.2) is 13.3 Å². The molecule has 1 aliphatic rings. The van der Waals surface area contributed by atoms with Crippen molar-refractivity contribution in [2.24, 2.45) is 0 Å². The number of allylic oxidation sites excluding steroid dienone is 1. The van der Waals surface area contributed by atoms with E-state index in [1.54, 1.807) is 0 Å². The third-order valence-electron chi connectivity index (χ3n) is 5.22. The maximum absolute atomic E-state index is 2.40. The summed E-state index contributed by atoms with van der Waals surface area (Å²) in [7, 11) is 0.0493. The summed E-state index contributed by atoms with van der Waals surface area (Å²) < 4.78 is 0. The first-order chi connectivity index (χ1) is 12.6. The fourth-order valence-corrected chi connectivity index (χ4v) is 5.10. The lowest BCUT2D eigenvalue weighted by molar-refractivity contribution is 0.958. The van der Waals surface area contributed by atoms with Crippen molar-refractivity contribution in [3.8, 4) is 11.1 Å². The van der Waals surface area contributed by atoms with Gasteiger partial charge in [-0.25, -0.2) is 0 Å². The molecule has 0 amide bonds. The van der Waals surface area contributed by atoms with E-state index in [-0.39, 0.29) is 7.92 Å². The fraction of sp³-hybridized carbons (Fsp3) is 0.200. The zero-order valence-corrected chi connectivity index (χ0v) is 16.6. The number of fused-ring (bicyclic) bond motifs is 1. The van der Waals surface area contributed by atoms with Crippen LogP contribution in [-0.2, 0) is 6.16 Å². The molecule has 0 bridgehead atoms. The van der Waals surface area contributed by atoms with Crippen molar-refractivity contribution in [3.05, 3.63) is 101 Å². The van der Waals surface area contributed by atoms with Gasteiger partial charge in [-0.2, -0.15) is 0 Å². The molecule has 0 nitrogen and oxygen atoms in total. The van der Waals surface area contributed by atoms with Gasteiger partial charge in [-0.3, -0.25) is 0 Å². The molecule has 1 unspecified atom stereocenters. The van der Waals surface area contributed by atoms with Crippen LogP contribution in [0.1, 0.15) is 35.1 Å². The summed E-state index contributed by atoms with van der Waals surface area (Å²) in [5.41, 5.74) is 9.94. The molecule has 0 spiro atoms. The molecule has 1 aliphatic carbocycles. The third kappa shape index (κ3) is 3.15. The molecule has 0 aliphatic heterocycles. The van der Waals surface area contributed by atoms with Crippen molar-refractivity contribution in [1.29, 1.82) is 0 Å². The van der Waals surface area contributed by atoms with Crippen LogP contribution < -0.4 is 0 Å². The van der Waals surface area contributed by atoms with E-state index >= 15 is 0 Å². The molecule has 3 aromatic carbocycles. The molecule has 26 heavy (non-hydrogen) atoms. The van der Waals surface area contributed by atoms with E-state index in [1.165, 1.54) is 45.1 Å². The van der Waals surface area contributed by atoms with Gasteiger partial charge in [0, 0.05) is 5.92 Å². The average molecular weight is 356 g/mol. The van der Waals surface area contributed by atoms with E-state index in [2.05, 4.69) is 99.1 Å². The highest BCUT2D eigenvalue weighted by atomic mass is 31.1. The Kier molecular flexibility index (Phi) is 4.79. The first-order valence-electron chi connectivity index (χ1n) is 9.24. The highest BCUT2D eigenvalue weighted by Crippen LogP contribution is 2.46. The van der Waals surface area contributed by atoms with Crippen molar-refractivity contribution in [3.63, 3.8) is 0 Å². The monoisotopic (exact) mass is 356 g/mol. The van der Waals surface area contributed by atoms with Crippen LogP contribution in [0.25, 0.3) is 17.2 Å².